The molecular weight excluding hydrogens is 269 g/mol. The number of methoxy groups -OCH3 is 1. The summed E-state index contributed by atoms with van der Waals surface area (Å²) in [6, 6.07) is 12.2. The summed E-state index contributed by atoms with van der Waals surface area (Å²) in [5.41, 5.74) is 2.91. The van der Waals surface area contributed by atoms with Crippen LogP contribution >= 0.6 is 0 Å². The second-order valence-electron chi connectivity index (χ2n) is 4.92. The fourth-order valence-electron chi connectivity index (χ4n) is 2.09. The Labute approximate surface area is 123 Å². The number of benzene rings is 2. The van der Waals surface area contributed by atoms with E-state index in [0.29, 0.717) is 13.2 Å². The highest BCUT2D eigenvalue weighted by Crippen LogP contribution is 2.11. The fourth-order valence-corrected chi connectivity index (χ4v) is 2.09. The Morgan fingerprint density at radius 1 is 1.19 bits per heavy atom. The second kappa shape index (κ2) is 6.99. The summed E-state index contributed by atoms with van der Waals surface area (Å²) in [7, 11) is 1.63. The second-order valence-corrected chi connectivity index (χ2v) is 4.92. The average Bonchev–Trinajstić information content (AvgIpc) is 2.48. The van der Waals surface area contributed by atoms with Gasteiger partial charge in [0.25, 0.3) is 5.91 Å². The van der Waals surface area contributed by atoms with Gasteiger partial charge in [0.15, 0.2) is 0 Å². The molecule has 0 aliphatic heterocycles. The molecule has 0 saturated carbocycles. The van der Waals surface area contributed by atoms with Gasteiger partial charge in [0.2, 0.25) is 0 Å². The largest absolute Gasteiger partial charge is 0.380 e. The highest BCUT2D eigenvalue weighted by atomic mass is 19.1. The van der Waals surface area contributed by atoms with Crippen molar-refractivity contribution in [3.05, 3.63) is 70.5 Å². The summed E-state index contributed by atoms with van der Waals surface area (Å²) in [4.78, 5) is 12.0. The van der Waals surface area contributed by atoms with Crippen LogP contribution in [0.25, 0.3) is 0 Å². The van der Waals surface area contributed by atoms with Crippen molar-refractivity contribution in [3.8, 4) is 0 Å². The molecule has 1 N–H and O–H groups in total. The minimum atomic E-state index is -0.508. The van der Waals surface area contributed by atoms with E-state index in [1.165, 1.54) is 6.07 Å². The third-order valence-corrected chi connectivity index (χ3v) is 3.12. The van der Waals surface area contributed by atoms with Crippen LogP contribution in [0.1, 0.15) is 27.0 Å². The van der Waals surface area contributed by atoms with Crippen LogP contribution in [0.4, 0.5) is 4.39 Å². The Morgan fingerprint density at radius 2 is 1.95 bits per heavy atom. The number of aryl methyl sites for hydroxylation is 1. The third kappa shape index (κ3) is 4.13. The van der Waals surface area contributed by atoms with Crippen molar-refractivity contribution in [2.75, 3.05) is 7.11 Å². The average molecular weight is 287 g/mol. The number of hydrogen-bond acceptors (Lipinski definition) is 2. The van der Waals surface area contributed by atoms with Gasteiger partial charge in [-0.15, -0.1) is 0 Å². The van der Waals surface area contributed by atoms with E-state index in [0.717, 1.165) is 16.7 Å². The zero-order chi connectivity index (χ0) is 15.2. The predicted molar refractivity (Wildman–Crippen MR) is 79.5 cm³/mol. The van der Waals surface area contributed by atoms with E-state index in [4.69, 9.17) is 4.74 Å². The van der Waals surface area contributed by atoms with Crippen LogP contribution in [0.2, 0.25) is 0 Å². The molecule has 3 nitrogen and oxygen atoms in total. The van der Waals surface area contributed by atoms with Crippen molar-refractivity contribution in [2.45, 2.75) is 20.1 Å². The van der Waals surface area contributed by atoms with Gasteiger partial charge in [-0.1, -0.05) is 35.9 Å². The van der Waals surface area contributed by atoms with Gasteiger partial charge in [0.1, 0.15) is 5.82 Å². The Bertz CT molecular complexity index is 640. The standard InChI is InChI=1S/C17H18FNO2/c1-12-6-7-16(18)15(8-12)17(20)19-10-13-4-3-5-14(9-13)11-21-2/h3-9H,10-11H2,1-2H3,(H,19,20). The van der Waals surface area contributed by atoms with Crippen LogP contribution in [-0.2, 0) is 17.9 Å². The minimum absolute atomic E-state index is 0.0723. The molecule has 110 valence electrons. The Kier molecular flexibility index (Phi) is 5.06. The zero-order valence-corrected chi connectivity index (χ0v) is 12.2. The van der Waals surface area contributed by atoms with Crippen molar-refractivity contribution in [1.82, 2.24) is 5.32 Å². The monoisotopic (exact) mass is 287 g/mol. The number of carbonyl (C=O) groups excluding carboxylic acids is 1. The van der Waals surface area contributed by atoms with E-state index in [2.05, 4.69) is 5.32 Å². The van der Waals surface area contributed by atoms with Crippen LogP contribution < -0.4 is 5.32 Å². The molecule has 0 atom stereocenters. The summed E-state index contributed by atoms with van der Waals surface area (Å²) >= 11 is 0. The third-order valence-electron chi connectivity index (χ3n) is 3.12. The van der Waals surface area contributed by atoms with Crippen molar-refractivity contribution < 1.29 is 13.9 Å². The molecule has 0 bridgehead atoms. The van der Waals surface area contributed by atoms with Gasteiger partial charge in [-0.2, -0.15) is 0 Å². The number of nitrogens with one attached hydrogen (secondary N) is 1. The van der Waals surface area contributed by atoms with Gasteiger partial charge >= 0.3 is 0 Å². The SMILES string of the molecule is COCc1cccc(CNC(=O)c2cc(C)ccc2F)c1. The van der Waals surface area contributed by atoms with Gasteiger partial charge in [0.05, 0.1) is 12.2 Å². The van der Waals surface area contributed by atoms with Gasteiger partial charge in [0, 0.05) is 13.7 Å². The number of ether oxygens (including phenoxy) is 1. The Balaban J connectivity index is 2.04. The first-order valence-electron chi connectivity index (χ1n) is 6.71. The van der Waals surface area contributed by atoms with E-state index < -0.39 is 11.7 Å². The highest BCUT2D eigenvalue weighted by molar-refractivity contribution is 5.94. The molecule has 0 aliphatic carbocycles. The lowest BCUT2D eigenvalue weighted by Gasteiger charge is -2.08. The fraction of sp³-hybridized carbons (Fsp3) is 0.235. The lowest BCUT2D eigenvalue weighted by atomic mass is 10.1. The van der Waals surface area contributed by atoms with E-state index in [1.807, 2.05) is 31.2 Å². The topological polar surface area (TPSA) is 38.3 Å². The lowest BCUT2D eigenvalue weighted by molar-refractivity contribution is 0.0946. The summed E-state index contributed by atoms with van der Waals surface area (Å²) in [6.07, 6.45) is 0. The molecule has 0 radical (unpaired) electrons. The molecule has 21 heavy (non-hydrogen) atoms. The summed E-state index contributed by atoms with van der Waals surface area (Å²) < 4.78 is 18.7. The lowest BCUT2D eigenvalue weighted by Crippen LogP contribution is -2.24. The zero-order valence-electron chi connectivity index (χ0n) is 12.2. The number of carbonyl (C=O) groups is 1. The van der Waals surface area contributed by atoms with Gasteiger partial charge in [-0.25, -0.2) is 4.39 Å². The molecule has 1 amide bonds. The molecule has 4 heteroatoms. The molecule has 2 aromatic carbocycles. The predicted octanol–water partition coefficient (Wildman–Crippen LogP) is 3.21. The molecule has 0 aromatic heterocycles. The van der Waals surface area contributed by atoms with Crippen molar-refractivity contribution >= 4 is 5.91 Å². The van der Waals surface area contributed by atoms with Gasteiger partial charge in [-0.3, -0.25) is 4.79 Å². The molecule has 0 spiro atoms. The van der Waals surface area contributed by atoms with Crippen LogP contribution in [0.3, 0.4) is 0 Å². The Hall–Kier alpha value is -2.20. The first-order valence-corrected chi connectivity index (χ1v) is 6.71. The van der Waals surface area contributed by atoms with E-state index in [9.17, 15) is 9.18 Å². The van der Waals surface area contributed by atoms with Gasteiger partial charge in [-0.05, 0) is 30.2 Å². The quantitative estimate of drug-likeness (QED) is 0.917. The number of rotatable bonds is 5. The van der Waals surface area contributed by atoms with Crippen LogP contribution in [0.5, 0.6) is 0 Å². The smallest absolute Gasteiger partial charge is 0.254 e. The van der Waals surface area contributed by atoms with E-state index in [1.54, 1.807) is 19.2 Å². The number of hydrogen-bond donors (Lipinski definition) is 1. The van der Waals surface area contributed by atoms with Crippen LogP contribution in [0.15, 0.2) is 42.5 Å². The molecule has 0 aliphatic rings. The van der Waals surface area contributed by atoms with Crippen LogP contribution in [0, 0.1) is 12.7 Å². The maximum absolute atomic E-state index is 13.6. The summed E-state index contributed by atoms with van der Waals surface area (Å²) in [5, 5.41) is 2.73. The minimum Gasteiger partial charge on any atom is -0.380 e. The summed E-state index contributed by atoms with van der Waals surface area (Å²) in [5.74, 6) is -0.917. The van der Waals surface area contributed by atoms with Crippen molar-refractivity contribution in [1.29, 1.82) is 0 Å². The van der Waals surface area contributed by atoms with E-state index in [-0.39, 0.29) is 5.56 Å². The Morgan fingerprint density at radius 3 is 2.71 bits per heavy atom. The van der Waals surface area contributed by atoms with Crippen LogP contribution in [-0.4, -0.2) is 13.0 Å². The molecular formula is C17H18FNO2. The highest BCUT2D eigenvalue weighted by Gasteiger charge is 2.11. The first-order chi connectivity index (χ1) is 10.1. The van der Waals surface area contributed by atoms with Crippen molar-refractivity contribution in [2.24, 2.45) is 0 Å². The van der Waals surface area contributed by atoms with Gasteiger partial charge < -0.3 is 10.1 Å². The molecule has 2 aromatic rings. The summed E-state index contributed by atoms with van der Waals surface area (Å²) in [6.45, 7) is 2.70. The van der Waals surface area contributed by atoms with E-state index >= 15 is 0 Å². The van der Waals surface area contributed by atoms with Crippen molar-refractivity contribution in [3.63, 3.8) is 0 Å². The molecule has 0 unspecified atom stereocenters. The maximum atomic E-state index is 13.6. The molecule has 2 rings (SSSR count). The molecule has 0 heterocycles. The number of amides is 1. The number of halogens is 1. The molecule has 0 fully saturated rings. The molecule has 0 saturated heterocycles. The first kappa shape index (κ1) is 15.2. The normalized spacial score (nSPS) is 10.4. The maximum Gasteiger partial charge on any atom is 0.254 e.